The number of hydrogen-bond donors (Lipinski definition) is 2. The second-order valence-corrected chi connectivity index (χ2v) is 8.10. The molecule has 6 nitrogen and oxygen atoms in total. The van der Waals surface area contributed by atoms with E-state index in [-0.39, 0.29) is 24.5 Å². The van der Waals surface area contributed by atoms with E-state index >= 15 is 0 Å². The summed E-state index contributed by atoms with van der Waals surface area (Å²) in [6.45, 7) is 6.22. The molecule has 0 aliphatic carbocycles. The van der Waals surface area contributed by atoms with Crippen LogP contribution in [0.2, 0.25) is 0 Å². The van der Waals surface area contributed by atoms with E-state index in [4.69, 9.17) is 4.74 Å². The SMILES string of the molecule is Cc1ccc([C@H]2CNC[C@@H]2NC(=O)C(C)(C)COc2ncccc2C(F)(F)F)cn1. The Morgan fingerprint density at radius 3 is 2.67 bits per heavy atom. The fraction of sp³-hybridized carbons (Fsp3) is 0.476. The number of alkyl halides is 3. The van der Waals surface area contributed by atoms with E-state index in [1.807, 2.05) is 19.1 Å². The van der Waals surface area contributed by atoms with Gasteiger partial charge in [-0.15, -0.1) is 0 Å². The summed E-state index contributed by atoms with van der Waals surface area (Å²) in [5, 5.41) is 6.28. The van der Waals surface area contributed by atoms with Gasteiger partial charge in [-0.1, -0.05) is 6.07 Å². The van der Waals surface area contributed by atoms with Crippen LogP contribution in [0.15, 0.2) is 36.7 Å². The Hall–Kier alpha value is -2.68. The first-order valence-electron chi connectivity index (χ1n) is 9.67. The predicted octanol–water partition coefficient (Wildman–Crippen LogP) is 3.08. The first-order chi connectivity index (χ1) is 14.1. The van der Waals surface area contributed by atoms with Gasteiger partial charge < -0.3 is 15.4 Å². The minimum Gasteiger partial charge on any atom is -0.476 e. The highest BCUT2D eigenvalue weighted by Gasteiger charge is 2.38. The van der Waals surface area contributed by atoms with Crippen molar-refractivity contribution in [2.24, 2.45) is 5.41 Å². The second-order valence-electron chi connectivity index (χ2n) is 8.10. The molecule has 2 aromatic rings. The number of aromatic nitrogens is 2. The molecule has 1 aliphatic heterocycles. The van der Waals surface area contributed by atoms with Gasteiger partial charge in [0.2, 0.25) is 11.8 Å². The standard InChI is InChI=1S/C21H25F3N4O2/c1-13-6-7-14(9-27-13)15-10-25-11-17(15)28-19(29)20(2,3)12-30-18-16(21(22,23)24)5-4-8-26-18/h4-9,15,17,25H,10-12H2,1-3H3,(H,28,29)/t15-,17+/m1/s1. The molecular weight excluding hydrogens is 397 g/mol. The van der Waals surface area contributed by atoms with E-state index in [0.29, 0.717) is 13.1 Å². The quantitative estimate of drug-likeness (QED) is 0.748. The van der Waals surface area contributed by atoms with Gasteiger partial charge in [-0.05, 0) is 44.5 Å². The molecule has 1 aliphatic rings. The molecule has 0 unspecified atom stereocenters. The maximum absolute atomic E-state index is 13.1. The van der Waals surface area contributed by atoms with Gasteiger partial charge in [0.05, 0.1) is 5.41 Å². The average Bonchev–Trinajstić information content (AvgIpc) is 3.14. The lowest BCUT2D eigenvalue weighted by molar-refractivity contribution is -0.139. The van der Waals surface area contributed by atoms with Crippen molar-refractivity contribution >= 4 is 5.91 Å². The molecule has 2 atom stereocenters. The minimum atomic E-state index is -4.58. The second kappa shape index (κ2) is 8.59. The maximum atomic E-state index is 13.1. The van der Waals surface area contributed by atoms with Crippen LogP contribution in [-0.2, 0) is 11.0 Å². The van der Waals surface area contributed by atoms with Gasteiger partial charge in [0.25, 0.3) is 0 Å². The van der Waals surface area contributed by atoms with Crippen molar-refractivity contribution in [1.82, 2.24) is 20.6 Å². The van der Waals surface area contributed by atoms with Gasteiger partial charge >= 0.3 is 6.18 Å². The Morgan fingerprint density at radius 1 is 1.23 bits per heavy atom. The third-order valence-corrected chi connectivity index (χ3v) is 5.15. The van der Waals surface area contributed by atoms with Crippen LogP contribution in [0.4, 0.5) is 13.2 Å². The highest BCUT2D eigenvalue weighted by Crippen LogP contribution is 2.35. The molecule has 1 saturated heterocycles. The molecule has 162 valence electrons. The first-order valence-corrected chi connectivity index (χ1v) is 9.67. The number of nitrogens with one attached hydrogen (secondary N) is 2. The summed E-state index contributed by atoms with van der Waals surface area (Å²) in [4.78, 5) is 20.9. The molecule has 0 spiro atoms. The van der Waals surface area contributed by atoms with Crippen molar-refractivity contribution in [2.45, 2.75) is 38.9 Å². The molecule has 0 saturated carbocycles. The summed E-state index contributed by atoms with van der Waals surface area (Å²) in [6.07, 6.45) is -1.55. The molecule has 2 aromatic heterocycles. The monoisotopic (exact) mass is 422 g/mol. The summed E-state index contributed by atoms with van der Waals surface area (Å²) in [5.74, 6) is -0.769. The van der Waals surface area contributed by atoms with Crippen molar-refractivity contribution < 1.29 is 22.7 Å². The highest BCUT2D eigenvalue weighted by atomic mass is 19.4. The van der Waals surface area contributed by atoms with Gasteiger partial charge in [-0.25, -0.2) is 4.98 Å². The first kappa shape index (κ1) is 22.0. The minimum absolute atomic E-state index is 0.0615. The number of aryl methyl sites for hydroxylation is 1. The van der Waals surface area contributed by atoms with Crippen molar-refractivity contribution in [2.75, 3.05) is 19.7 Å². The van der Waals surface area contributed by atoms with Gasteiger partial charge in [0.15, 0.2) is 0 Å². The summed E-state index contributed by atoms with van der Waals surface area (Å²) in [7, 11) is 0. The molecule has 0 radical (unpaired) electrons. The Labute approximate surface area is 173 Å². The lowest BCUT2D eigenvalue weighted by Crippen LogP contribution is -2.48. The smallest absolute Gasteiger partial charge is 0.421 e. The molecule has 3 heterocycles. The van der Waals surface area contributed by atoms with Crippen LogP contribution in [0.3, 0.4) is 0 Å². The molecule has 0 aromatic carbocycles. The summed E-state index contributed by atoms with van der Waals surface area (Å²) < 4.78 is 44.7. The Morgan fingerprint density at radius 2 is 2.00 bits per heavy atom. The van der Waals surface area contributed by atoms with Crippen molar-refractivity contribution in [3.63, 3.8) is 0 Å². The number of carbonyl (C=O) groups excluding carboxylic acids is 1. The number of rotatable bonds is 6. The van der Waals surface area contributed by atoms with Crippen LogP contribution in [0, 0.1) is 12.3 Å². The van der Waals surface area contributed by atoms with Crippen LogP contribution >= 0.6 is 0 Å². The number of carbonyl (C=O) groups is 1. The summed E-state index contributed by atoms with van der Waals surface area (Å²) in [6, 6.07) is 5.87. The molecule has 30 heavy (non-hydrogen) atoms. The van der Waals surface area contributed by atoms with Crippen molar-refractivity contribution in [3.05, 3.63) is 53.5 Å². The Kier molecular flexibility index (Phi) is 6.30. The van der Waals surface area contributed by atoms with Crippen LogP contribution < -0.4 is 15.4 Å². The van der Waals surface area contributed by atoms with E-state index in [1.165, 1.54) is 12.3 Å². The molecule has 2 N–H and O–H groups in total. The fourth-order valence-electron chi connectivity index (χ4n) is 3.28. The fourth-order valence-corrected chi connectivity index (χ4v) is 3.28. The van der Waals surface area contributed by atoms with E-state index < -0.39 is 23.0 Å². The lowest BCUT2D eigenvalue weighted by atomic mass is 9.90. The zero-order valence-electron chi connectivity index (χ0n) is 17.1. The highest BCUT2D eigenvalue weighted by molar-refractivity contribution is 5.82. The van der Waals surface area contributed by atoms with E-state index in [0.717, 1.165) is 17.3 Å². The van der Waals surface area contributed by atoms with Crippen LogP contribution in [-0.4, -0.2) is 41.6 Å². The average molecular weight is 422 g/mol. The van der Waals surface area contributed by atoms with Crippen LogP contribution in [0.5, 0.6) is 5.88 Å². The largest absolute Gasteiger partial charge is 0.476 e. The molecule has 0 bridgehead atoms. The van der Waals surface area contributed by atoms with Crippen molar-refractivity contribution in [1.29, 1.82) is 0 Å². The number of amides is 1. The molecule has 9 heteroatoms. The van der Waals surface area contributed by atoms with Crippen molar-refractivity contribution in [3.8, 4) is 5.88 Å². The number of nitrogens with zero attached hydrogens (tertiary/aromatic N) is 2. The third-order valence-electron chi connectivity index (χ3n) is 5.15. The maximum Gasteiger partial charge on any atom is 0.421 e. The Bertz CT molecular complexity index is 885. The van der Waals surface area contributed by atoms with E-state index in [9.17, 15) is 18.0 Å². The van der Waals surface area contributed by atoms with Gasteiger partial charge in [-0.2, -0.15) is 13.2 Å². The molecule has 1 amide bonds. The van der Waals surface area contributed by atoms with Gasteiger partial charge in [0, 0.05) is 43.1 Å². The number of ether oxygens (including phenoxy) is 1. The van der Waals surface area contributed by atoms with Gasteiger partial charge in [-0.3, -0.25) is 9.78 Å². The molecule has 1 fully saturated rings. The van der Waals surface area contributed by atoms with Crippen LogP contribution in [0.25, 0.3) is 0 Å². The zero-order chi connectivity index (χ0) is 21.9. The number of halogens is 3. The number of pyridine rings is 2. The third kappa shape index (κ3) is 5.08. The summed E-state index contributed by atoms with van der Waals surface area (Å²) >= 11 is 0. The normalized spacial score (nSPS) is 19.5. The van der Waals surface area contributed by atoms with E-state index in [1.54, 1.807) is 20.0 Å². The molecule has 3 rings (SSSR count). The Balaban J connectivity index is 1.65. The topological polar surface area (TPSA) is 76.1 Å². The number of hydrogen-bond acceptors (Lipinski definition) is 5. The zero-order valence-corrected chi connectivity index (χ0v) is 17.1. The summed E-state index contributed by atoms with van der Waals surface area (Å²) in [5.41, 5.74) is -0.0864. The lowest BCUT2D eigenvalue weighted by Gasteiger charge is -2.28. The predicted molar refractivity (Wildman–Crippen MR) is 105 cm³/mol. The van der Waals surface area contributed by atoms with Gasteiger partial charge in [0.1, 0.15) is 12.2 Å². The van der Waals surface area contributed by atoms with E-state index in [2.05, 4.69) is 20.6 Å². The molecular formula is C21H25F3N4O2. The van der Waals surface area contributed by atoms with Crippen LogP contribution in [0.1, 0.15) is 36.6 Å².